The van der Waals surface area contributed by atoms with Crippen LogP contribution in [0, 0.1) is 0 Å². The molecule has 7 heteroatoms. The van der Waals surface area contributed by atoms with E-state index in [1.54, 1.807) is 37.4 Å². The highest BCUT2D eigenvalue weighted by atomic mass is 32.1. The number of nitrogens with zero attached hydrogens (tertiary/aromatic N) is 2. The second kappa shape index (κ2) is 6.05. The summed E-state index contributed by atoms with van der Waals surface area (Å²) in [6, 6.07) is 9.93. The lowest BCUT2D eigenvalue weighted by atomic mass is 10.2. The molecular weight excluding hydrogens is 316 g/mol. The van der Waals surface area contributed by atoms with Gasteiger partial charge in [-0.1, -0.05) is 0 Å². The highest BCUT2D eigenvalue weighted by Gasteiger charge is 2.34. The van der Waals surface area contributed by atoms with Gasteiger partial charge in [-0.2, -0.15) is 0 Å². The Balaban J connectivity index is 1.88. The zero-order valence-electron chi connectivity index (χ0n) is 12.1. The van der Waals surface area contributed by atoms with Crippen molar-refractivity contribution in [2.75, 3.05) is 12.0 Å². The molecule has 1 saturated heterocycles. The van der Waals surface area contributed by atoms with Crippen molar-refractivity contribution in [1.29, 1.82) is 0 Å². The molecule has 0 atom stereocenters. The van der Waals surface area contributed by atoms with Gasteiger partial charge < -0.3 is 14.6 Å². The van der Waals surface area contributed by atoms with E-state index in [-0.39, 0.29) is 22.6 Å². The molecule has 1 aromatic carbocycles. The Kier molecular flexibility index (Phi) is 3.94. The maximum Gasteiger partial charge on any atom is 0.301 e. The predicted octanol–water partition coefficient (Wildman–Crippen LogP) is 2.49. The number of thiocarbonyl (C=S) groups is 1. The lowest BCUT2D eigenvalue weighted by Gasteiger charge is -2.12. The van der Waals surface area contributed by atoms with E-state index in [9.17, 15) is 9.90 Å². The van der Waals surface area contributed by atoms with Crippen LogP contribution in [-0.2, 0) is 9.53 Å². The Morgan fingerprint density at radius 2 is 2.00 bits per heavy atom. The number of hydrogen-bond acceptors (Lipinski definition) is 6. The number of pyridine rings is 1. The van der Waals surface area contributed by atoms with Crippen molar-refractivity contribution in [2.24, 2.45) is 0 Å². The molecule has 0 saturated carbocycles. The van der Waals surface area contributed by atoms with Gasteiger partial charge in [0.15, 0.2) is 5.76 Å². The second-order valence-corrected chi connectivity index (χ2v) is 5.01. The van der Waals surface area contributed by atoms with Gasteiger partial charge in [0.25, 0.3) is 5.17 Å². The van der Waals surface area contributed by atoms with Gasteiger partial charge >= 0.3 is 5.91 Å². The molecule has 1 N–H and O–H groups in total. The largest absolute Gasteiger partial charge is 0.506 e. The van der Waals surface area contributed by atoms with Gasteiger partial charge in [0.05, 0.1) is 24.7 Å². The second-order valence-electron chi connectivity index (χ2n) is 4.66. The molecule has 0 bridgehead atoms. The molecule has 0 unspecified atom stereocenters. The normalized spacial score (nSPS) is 15.9. The Bertz CT molecular complexity index is 785. The first-order valence-corrected chi connectivity index (χ1v) is 7.06. The van der Waals surface area contributed by atoms with Crippen LogP contribution < -0.4 is 9.64 Å². The summed E-state index contributed by atoms with van der Waals surface area (Å²) >= 11 is 5.13. The molecule has 2 aromatic rings. The molecule has 0 spiro atoms. The van der Waals surface area contributed by atoms with Crippen molar-refractivity contribution in [3.05, 3.63) is 54.0 Å². The number of hydrogen-bond donors (Lipinski definition) is 1. The fourth-order valence-corrected chi connectivity index (χ4v) is 2.32. The van der Waals surface area contributed by atoms with Crippen LogP contribution in [-0.4, -0.2) is 28.3 Å². The third-order valence-electron chi connectivity index (χ3n) is 3.17. The zero-order valence-corrected chi connectivity index (χ0v) is 12.9. The highest BCUT2D eigenvalue weighted by molar-refractivity contribution is 7.80. The van der Waals surface area contributed by atoms with Crippen LogP contribution >= 0.6 is 12.2 Å². The van der Waals surface area contributed by atoms with Gasteiger partial charge in [-0.15, -0.1) is 0 Å². The summed E-state index contributed by atoms with van der Waals surface area (Å²) in [6.07, 6.45) is 2.75. The summed E-state index contributed by atoms with van der Waals surface area (Å²) in [5, 5.41) is 9.27. The van der Waals surface area contributed by atoms with E-state index in [2.05, 4.69) is 4.98 Å². The van der Waals surface area contributed by atoms with Crippen LogP contribution in [0.3, 0.4) is 0 Å². The summed E-state index contributed by atoms with van der Waals surface area (Å²) in [7, 11) is 1.56. The third kappa shape index (κ3) is 3.00. The fraction of sp³-hybridized carbons (Fsp3) is 0.0625. The van der Waals surface area contributed by atoms with Gasteiger partial charge in [0.2, 0.25) is 0 Å². The first-order chi connectivity index (χ1) is 11.1. The number of aromatic hydroxyl groups is 1. The van der Waals surface area contributed by atoms with Crippen LogP contribution in [0.25, 0.3) is 6.08 Å². The molecule has 2 heterocycles. The first-order valence-electron chi connectivity index (χ1n) is 6.65. The van der Waals surface area contributed by atoms with Crippen LogP contribution in [0.4, 0.5) is 5.69 Å². The Morgan fingerprint density at radius 3 is 2.61 bits per heavy atom. The molecule has 6 nitrogen and oxygen atoms in total. The van der Waals surface area contributed by atoms with Crippen LogP contribution in [0.1, 0.15) is 5.69 Å². The van der Waals surface area contributed by atoms with Gasteiger partial charge in [-0.3, -0.25) is 9.78 Å². The van der Waals surface area contributed by atoms with Crippen molar-refractivity contribution in [2.45, 2.75) is 0 Å². The summed E-state index contributed by atoms with van der Waals surface area (Å²) in [5.41, 5.74) is 1.06. The van der Waals surface area contributed by atoms with Crippen molar-refractivity contribution < 1.29 is 19.4 Å². The Hall–Kier alpha value is -2.93. The number of amides is 1. The fourth-order valence-electron chi connectivity index (χ4n) is 2.04. The Morgan fingerprint density at radius 1 is 1.26 bits per heavy atom. The lowest BCUT2D eigenvalue weighted by molar-refractivity contribution is -0.114. The van der Waals surface area contributed by atoms with E-state index in [4.69, 9.17) is 21.7 Å². The number of carbonyl (C=O) groups excluding carboxylic acids is 1. The number of benzene rings is 1. The van der Waals surface area contributed by atoms with E-state index in [1.807, 2.05) is 0 Å². The first kappa shape index (κ1) is 15.0. The van der Waals surface area contributed by atoms with E-state index >= 15 is 0 Å². The van der Waals surface area contributed by atoms with Crippen molar-refractivity contribution >= 4 is 35.1 Å². The van der Waals surface area contributed by atoms with Crippen LogP contribution in [0.2, 0.25) is 0 Å². The summed E-state index contributed by atoms with van der Waals surface area (Å²) < 4.78 is 10.5. The number of rotatable bonds is 3. The number of aromatic nitrogens is 1. The van der Waals surface area contributed by atoms with E-state index in [1.165, 1.54) is 23.2 Å². The maximum absolute atomic E-state index is 12.5. The minimum absolute atomic E-state index is 0.0428. The number of anilines is 1. The number of carbonyl (C=O) groups is 1. The molecule has 1 amide bonds. The molecule has 1 aliphatic rings. The van der Waals surface area contributed by atoms with Crippen molar-refractivity contribution in [3.63, 3.8) is 0 Å². The van der Waals surface area contributed by atoms with Gasteiger partial charge in [-0.25, -0.2) is 4.90 Å². The lowest BCUT2D eigenvalue weighted by Crippen LogP contribution is -2.27. The zero-order chi connectivity index (χ0) is 16.4. The quantitative estimate of drug-likeness (QED) is 0.689. The van der Waals surface area contributed by atoms with Crippen LogP contribution in [0.5, 0.6) is 11.5 Å². The van der Waals surface area contributed by atoms with E-state index in [0.29, 0.717) is 17.1 Å². The van der Waals surface area contributed by atoms with E-state index in [0.717, 1.165) is 0 Å². The minimum Gasteiger partial charge on any atom is -0.506 e. The molecule has 0 aliphatic carbocycles. The van der Waals surface area contributed by atoms with Crippen molar-refractivity contribution in [1.82, 2.24) is 4.98 Å². The van der Waals surface area contributed by atoms with Gasteiger partial charge in [0.1, 0.15) is 11.5 Å². The minimum atomic E-state index is -0.380. The predicted molar refractivity (Wildman–Crippen MR) is 88.0 cm³/mol. The standard InChI is InChI=1S/C16H12N2O4S/c1-21-13-6-3-11(4-7-13)18-15(20)14(22-16(18)23)8-10-2-5-12(19)9-17-10/h2-9,19H,1H3/b14-8-. The molecule has 1 fully saturated rings. The van der Waals surface area contributed by atoms with Crippen LogP contribution in [0.15, 0.2) is 48.4 Å². The van der Waals surface area contributed by atoms with Crippen molar-refractivity contribution in [3.8, 4) is 11.5 Å². The maximum atomic E-state index is 12.5. The SMILES string of the molecule is COc1ccc(N2C(=O)/C(=C/c3ccc(O)cn3)OC2=S)cc1. The molecule has 23 heavy (non-hydrogen) atoms. The molecule has 1 aromatic heterocycles. The molecule has 1 aliphatic heterocycles. The molecule has 3 rings (SSSR count). The monoisotopic (exact) mass is 328 g/mol. The number of methoxy groups -OCH3 is 1. The average Bonchev–Trinajstić information content (AvgIpc) is 2.84. The summed E-state index contributed by atoms with van der Waals surface area (Å²) in [6.45, 7) is 0. The number of ether oxygens (including phenoxy) is 2. The molecule has 116 valence electrons. The van der Waals surface area contributed by atoms with Gasteiger partial charge in [0, 0.05) is 6.08 Å². The topological polar surface area (TPSA) is 71.9 Å². The third-order valence-corrected chi connectivity index (χ3v) is 3.44. The van der Waals surface area contributed by atoms with E-state index < -0.39 is 0 Å². The smallest absolute Gasteiger partial charge is 0.301 e. The average molecular weight is 328 g/mol. The Labute approximate surface area is 137 Å². The summed E-state index contributed by atoms with van der Waals surface area (Å²) in [5.74, 6) is 0.413. The van der Waals surface area contributed by atoms with Gasteiger partial charge in [-0.05, 0) is 48.6 Å². The highest BCUT2D eigenvalue weighted by Crippen LogP contribution is 2.27. The molecular formula is C16H12N2O4S. The summed E-state index contributed by atoms with van der Waals surface area (Å²) in [4.78, 5) is 17.8. The molecule has 0 radical (unpaired) electrons.